The Morgan fingerprint density at radius 3 is 2.76 bits per heavy atom. The van der Waals surface area contributed by atoms with Gasteiger partial charge >= 0.3 is 0 Å². The van der Waals surface area contributed by atoms with E-state index < -0.39 is 11.6 Å². The van der Waals surface area contributed by atoms with E-state index in [2.05, 4.69) is 15.9 Å². The van der Waals surface area contributed by atoms with E-state index in [4.69, 9.17) is 0 Å². The van der Waals surface area contributed by atoms with Crippen molar-refractivity contribution in [1.29, 1.82) is 0 Å². The number of aromatic nitrogens is 1. The molecule has 0 fully saturated rings. The molecule has 0 bridgehead atoms. The first-order valence-corrected chi connectivity index (χ1v) is 5.66. The van der Waals surface area contributed by atoms with Crippen molar-refractivity contribution in [3.05, 3.63) is 68.6 Å². The fraction of sp³-hybridized carbons (Fsp3) is 0.0833. The second-order valence-electron chi connectivity index (χ2n) is 3.52. The molecule has 0 N–H and O–H groups in total. The van der Waals surface area contributed by atoms with Crippen LogP contribution in [0.3, 0.4) is 0 Å². The van der Waals surface area contributed by atoms with E-state index in [-0.39, 0.29) is 17.7 Å². The Bertz CT molecular complexity index is 610. The van der Waals surface area contributed by atoms with Gasteiger partial charge in [0.1, 0.15) is 11.6 Å². The van der Waals surface area contributed by atoms with Crippen LogP contribution in [0.2, 0.25) is 0 Å². The molecule has 0 saturated carbocycles. The van der Waals surface area contributed by atoms with Crippen molar-refractivity contribution in [2.24, 2.45) is 0 Å². The first-order valence-electron chi connectivity index (χ1n) is 4.87. The predicted molar refractivity (Wildman–Crippen MR) is 63.9 cm³/mol. The van der Waals surface area contributed by atoms with Gasteiger partial charge in [0.25, 0.3) is 5.56 Å². The summed E-state index contributed by atoms with van der Waals surface area (Å²) in [5.74, 6) is -1.05. The molecule has 2 nitrogen and oxygen atoms in total. The average molecular weight is 300 g/mol. The predicted octanol–water partition coefficient (Wildman–Crippen LogP) is 2.94. The zero-order valence-electron chi connectivity index (χ0n) is 8.66. The summed E-state index contributed by atoms with van der Waals surface area (Å²) >= 11 is 3.09. The smallest absolute Gasteiger partial charge is 0.265 e. The van der Waals surface area contributed by atoms with Gasteiger partial charge in [-0.25, -0.2) is 8.78 Å². The maximum atomic E-state index is 13.4. The van der Waals surface area contributed by atoms with Crippen LogP contribution in [0.4, 0.5) is 8.78 Å². The highest BCUT2D eigenvalue weighted by molar-refractivity contribution is 9.10. The normalized spacial score (nSPS) is 10.5. The number of hydrogen-bond donors (Lipinski definition) is 0. The van der Waals surface area contributed by atoms with E-state index in [1.807, 2.05) is 0 Å². The summed E-state index contributed by atoms with van der Waals surface area (Å²) in [7, 11) is 0. The van der Waals surface area contributed by atoms with E-state index in [0.29, 0.717) is 4.47 Å². The molecule has 17 heavy (non-hydrogen) atoms. The number of pyridine rings is 1. The SMILES string of the molecule is O=c1c(Br)cccn1Cc1cc(F)ccc1F. The van der Waals surface area contributed by atoms with Crippen molar-refractivity contribution in [3.63, 3.8) is 0 Å². The summed E-state index contributed by atoms with van der Waals surface area (Å²) < 4.78 is 28.1. The maximum absolute atomic E-state index is 13.4. The van der Waals surface area contributed by atoms with Gasteiger partial charge in [0.15, 0.2) is 0 Å². The van der Waals surface area contributed by atoms with Crippen LogP contribution in [0.25, 0.3) is 0 Å². The fourth-order valence-corrected chi connectivity index (χ4v) is 1.86. The third-order valence-electron chi connectivity index (χ3n) is 2.32. The molecule has 2 aromatic rings. The molecule has 1 aromatic heterocycles. The van der Waals surface area contributed by atoms with E-state index in [1.54, 1.807) is 12.1 Å². The van der Waals surface area contributed by atoms with Crippen molar-refractivity contribution < 1.29 is 8.78 Å². The van der Waals surface area contributed by atoms with Crippen molar-refractivity contribution in [2.45, 2.75) is 6.54 Å². The van der Waals surface area contributed by atoms with Crippen LogP contribution >= 0.6 is 15.9 Å². The summed E-state index contributed by atoms with van der Waals surface area (Å²) in [4.78, 5) is 11.7. The monoisotopic (exact) mass is 299 g/mol. The van der Waals surface area contributed by atoms with Crippen LogP contribution in [0.15, 0.2) is 45.8 Å². The van der Waals surface area contributed by atoms with Crippen molar-refractivity contribution in [1.82, 2.24) is 4.57 Å². The largest absolute Gasteiger partial charge is 0.310 e. The Morgan fingerprint density at radius 1 is 1.24 bits per heavy atom. The molecule has 0 saturated heterocycles. The third kappa shape index (κ3) is 2.61. The summed E-state index contributed by atoms with van der Waals surface area (Å²) in [5.41, 5.74) is -0.138. The molecule has 1 aromatic carbocycles. The number of rotatable bonds is 2. The topological polar surface area (TPSA) is 22.0 Å². The van der Waals surface area contributed by atoms with E-state index >= 15 is 0 Å². The van der Waals surface area contributed by atoms with Crippen molar-refractivity contribution >= 4 is 15.9 Å². The Balaban J connectivity index is 2.41. The minimum atomic E-state index is -0.529. The van der Waals surface area contributed by atoms with Crippen LogP contribution < -0.4 is 5.56 Å². The second-order valence-corrected chi connectivity index (χ2v) is 4.38. The highest BCUT2D eigenvalue weighted by Gasteiger charge is 2.06. The van der Waals surface area contributed by atoms with Crippen LogP contribution in [0, 0.1) is 11.6 Å². The average Bonchev–Trinajstić information content (AvgIpc) is 2.30. The van der Waals surface area contributed by atoms with Gasteiger partial charge in [0.2, 0.25) is 0 Å². The van der Waals surface area contributed by atoms with Gasteiger partial charge in [-0.05, 0) is 46.3 Å². The minimum absolute atomic E-state index is 0.00185. The number of hydrogen-bond acceptors (Lipinski definition) is 1. The number of halogens is 3. The molecule has 0 spiro atoms. The van der Waals surface area contributed by atoms with Crippen LogP contribution in [0.1, 0.15) is 5.56 Å². The third-order valence-corrected chi connectivity index (χ3v) is 2.93. The second kappa shape index (κ2) is 4.79. The summed E-state index contributed by atoms with van der Waals surface area (Å²) in [6.07, 6.45) is 1.53. The zero-order chi connectivity index (χ0) is 12.4. The summed E-state index contributed by atoms with van der Waals surface area (Å²) in [6, 6.07) is 6.43. The fourth-order valence-electron chi connectivity index (χ4n) is 1.48. The van der Waals surface area contributed by atoms with Gasteiger partial charge in [-0.1, -0.05) is 0 Å². The van der Waals surface area contributed by atoms with E-state index in [9.17, 15) is 13.6 Å². The molecular formula is C12H8BrF2NO. The lowest BCUT2D eigenvalue weighted by Gasteiger charge is -2.07. The number of benzene rings is 1. The first-order chi connectivity index (χ1) is 8.08. The molecule has 2 rings (SSSR count). The lowest BCUT2D eigenvalue weighted by molar-refractivity contribution is 0.574. The molecular weight excluding hydrogens is 292 g/mol. The Morgan fingerprint density at radius 2 is 2.00 bits per heavy atom. The number of nitrogens with zero attached hydrogens (tertiary/aromatic N) is 1. The van der Waals surface area contributed by atoms with Crippen LogP contribution in [0.5, 0.6) is 0 Å². The lowest BCUT2D eigenvalue weighted by atomic mass is 10.2. The van der Waals surface area contributed by atoms with Crippen molar-refractivity contribution in [3.8, 4) is 0 Å². The maximum Gasteiger partial charge on any atom is 0.265 e. The standard InChI is InChI=1S/C12H8BrF2NO/c13-10-2-1-5-16(12(10)17)7-8-6-9(14)3-4-11(8)15/h1-6H,7H2. The zero-order valence-corrected chi connectivity index (χ0v) is 10.2. The molecule has 0 aliphatic carbocycles. The highest BCUT2D eigenvalue weighted by Crippen LogP contribution is 2.11. The van der Waals surface area contributed by atoms with Gasteiger partial charge in [0, 0.05) is 11.8 Å². The van der Waals surface area contributed by atoms with E-state index in [0.717, 1.165) is 18.2 Å². The minimum Gasteiger partial charge on any atom is -0.310 e. The molecule has 0 aliphatic rings. The molecule has 0 amide bonds. The van der Waals surface area contributed by atoms with Crippen LogP contribution in [-0.4, -0.2) is 4.57 Å². The van der Waals surface area contributed by atoms with Gasteiger partial charge in [-0.3, -0.25) is 4.79 Å². The summed E-state index contributed by atoms with van der Waals surface area (Å²) in [5, 5.41) is 0. The van der Waals surface area contributed by atoms with Gasteiger partial charge < -0.3 is 4.57 Å². The molecule has 0 atom stereocenters. The molecule has 0 radical (unpaired) electrons. The van der Waals surface area contributed by atoms with Gasteiger partial charge in [0.05, 0.1) is 11.0 Å². The molecule has 0 aliphatic heterocycles. The molecule has 88 valence electrons. The Labute approximate surface area is 105 Å². The molecule has 0 unspecified atom stereocenters. The van der Waals surface area contributed by atoms with Gasteiger partial charge in [-0.15, -0.1) is 0 Å². The van der Waals surface area contributed by atoms with Crippen LogP contribution in [-0.2, 0) is 6.54 Å². The summed E-state index contributed by atoms with van der Waals surface area (Å²) in [6.45, 7) is 0.00185. The highest BCUT2D eigenvalue weighted by atomic mass is 79.9. The molecule has 5 heteroatoms. The Hall–Kier alpha value is -1.49. The van der Waals surface area contributed by atoms with Crippen molar-refractivity contribution in [2.75, 3.05) is 0 Å². The first kappa shape index (κ1) is 12.0. The molecule has 1 heterocycles. The van der Waals surface area contributed by atoms with E-state index in [1.165, 1.54) is 10.8 Å². The lowest BCUT2D eigenvalue weighted by Crippen LogP contribution is -2.20. The van der Waals surface area contributed by atoms with Gasteiger partial charge in [-0.2, -0.15) is 0 Å². The quantitative estimate of drug-likeness (QED) is 0.836. The Kier molecular flexibility index (Phi) is 3.38.